The molecule has 0 spiro atoms. The zero-order valence-corrected chi connectivity index (χ0v) is 14.6. The lowest BCUT2D eigenvalue weighted by molar-refractivity contribution is -0.116. The van der Waals surface area contributed by atoms with Gasteiger partial charge in [0.1, 0.15) is 11.5 Å². The molecule has 2 aromatic carbocycles. The van der Waals surface area contributed by atoms with Gasteiger partial charge in [-0.05, 0) is 24.3 Å². The van der Waals surface area contributed by atoms with Gasteiger partial charge in [0.05, 0.1) is 19.9 Å². The van der Waals surface area contributed by atoms with Gasteiger partial charge in [-0.3, -0.25) is 4.79 Å². The SMILES string of the molecule is COc1ccc(OC)c(NC(=O)CCc2nnc(-c3ccccc3)o2)c1. The molecule has 1 heterocycles. The van der Waals surface area contributed by atoms with Gasteiger partial charge >= 0.3 is 0 Å². The van der Waals surface area contributed by atoms with Gasteiger partial charge in [0.2, 0.25) is 17.7 Å². The van der Waals surface area contributed by atoms with Crippen molar-refractivity contribution in [3.63, 3.8) is 0 Å². The van der Waals surface area contributed by atoms with Crippen molar-refractivity contribution in [3.8, 4) is 23.0 Å². The van der Waals surface area contributed by atoms with Crippen molar-refractivity contribution < 1.29 is 18.7 Å². The Morgan fingerprint density at radius 2 is 1.88 bits per heavy atom. The maximum atomic E-state index is 12.2. The number of nitrogens with zero attached hydrogens (tertiary/aromatic N) is 2. The summed E-state index contributed by atoms with van der Waals surface area (Å²) in [6.45, 7) is 0. The first-order valence-electron chi connectivity index (χ1n) is 8.09. The molecule has 0 radical (unpaired) electrons. The van der Waals surface area contributed by atoms with Crippen molar-refractivity contribution in [2.75, 3.05) is 19.5 Å². The number of anilines is 1. The Labute approximate surface area is 151 Å². The lowest BCUT2D eigenvalue weighted by Gasteiger charge is -2.11. The maximum Gasteiger partial charge on any atom is 0.247 e. The summed E-state index contributed by atoms with van der Waals surface area (Å²) in [5, 5.41) is 10.8. The number of hydrogen-bond donors (Lipinski definition) is 1. The van der Waals surface area contributed by atoms with E-state index in [2.05, 4.69) is 15.5 Å². The van der Waals surface area contributed by atoms with Crippen LogP contribution in [0.4, 0.5) is 5.69 Å². The highest BCUT2D eigenvalue weighted by Gasteiger charge is 2.12. The Hall–Kier alpha value is -3.35. The Morgan fingerprint density at radius 3 is 2.62 bits per heavy atom. The topological polar surface area (TPSA) is 86.5 Å². The van der Waals surface area contributed by atoms with Gasteiger partial charge in [0, 0.05) is 24.5 Å². The standard InChI is InChI=1S/C19H19N3O4/c1-24-14-8-9-16(25-2)15(12-14)20-17(23)10-11-18-21-22-19(26-18)13-6-4-3-5-7-13/h3-9,12H,10-11H2,1-2H3,(H,20,23). The van der Waals surface area contributed by atoms with Gasteiger partial charge in [-0.1, -0.05) is 18.2 Å². The van der Waals surface area contributed by atoms with E-state index < -0.39 is 0 Å². The van der Waals surface area contributed by atoms with E-state index in [1.165, 1.54) is 0 Å². The molecule has 0 saturated carbocycles. The number of carbonyl (C=O) groups is 1. The van der Waals surface area contributed by atoms with Crippen molar-refractivity contribution in [2.24, 2.45) is 0 Å². The van der Waals surface area contributed by atoms with Crippen LogP contribution in [0.5, 0.6) is 11.5 Å². The van der Waals surface area contributed by atoms with Crippen LogP contribution in [-0.2, 0) is 11.2 Å². The molecular formula is C19H19N3O4. The van der Waals surface area contributed by atoms with Crippen molar-refractivity contribution >= 4 is 11.6 Å². The smallest absolute Gasteiger partial charge is 0.247 e. The first kappa shape index (κ1) is 17.5. The molecule has 0 aliphatic rings. The quantitative estimate of drug-likeness (QED) is 0.701. The summed E-state index contributed by atoms with van der Waals surface area (Å²) >= 11 is 0. The molecule has 7 heteroatoms. The average molecular weight is 353 g/mol. The number of aryl methyl sites for hydroxylation is 1. The van der Waals surface area contributed by atoms with Crippen LogP contribution in [0.25, 0.3) is 11.5 Å². The first-order chi connectivity index (χ1) is 12.7. The highest BCUT2D eigenvalue weighted by atomic mass is 16.5. The van der Waals surface area contributed by atoms with Gasteiger partial charge in [0.25, 0.3) is 0 Å². The lowest BCUT2D eigenvalue weighted by atomic mass is 10.2. The molecule has 0 saturated heterocycles. The molecule has 0 aliphatic heterocycles. The second kappa shape index (κ2) is 8.15. The third-order valence-corrected chi connectivity index (χ3v) is 3.73. The third-order valence-electron chi connectivity index (χ3n) is 3.73. The summed E-state index contributed by atoms with van der Waals surface area (Å²) in [5.41, 5.74) is 1.39. The number of nitrogens with one attached hydrogen (secondary N) is 1. The summed E-state index contributed by atoms with van der Waals surface area (Å²) in [5.74, 6) is 1.86. The fourth-order valence-electron chi connectivity index (χ4n) is 2.40. The Kier molecular flexibility index (Phi) is 5.48. The first-order valence-corrected chi connectivity index (χ1v) is 8.09. The van der Waals surface area contributed by atoms with Crippen LogP contribution < -0.4 is 14.8 Å². The molecule has 1 amide bonds. The van der Waals surface area contributed by atoms with E-state index >= 15 is 0 Å². The Balaban J connectivity index is 1.61. The van der Waals surface area contributed by atoms with Crippen molar-refractivity contribution in [3.05, 3.63) is 54.4 Å². The normalized spacial score (nSPS) is 10.4. The van der Waals surface area contributed by atoms with Crippen LogP contribution in [0, 0.1) is 0 Å². The molecule has 0 fully saturated rings. The zero-order chi connectivity index (χ0) is 18.4. The number of carbonyl (C=O) groups excluding carboxylic acids is 1. The molecule has 1 N–H and O–H groups in total. The number of rotatable bonds is 7. The fraction of sp³-hybridized carbons (Fsp3) is 0.211. The third kappa shape index (κ3) is 4.18. The summed E-state index contributed by atoms with van der Waals surface area (Å²) in [7, 11) is 3.11. The van der Waals surface area contributed by atoms with Crippen LogP contribution in [0.1, 0.15) is 12.3 Å². The second-order valence-corrected chi connectivity index (χ2v) is 5.48. The molecule has 0 bridgehead atoms. The number of ether oxygens (including phenoxy) is 2. The van der Waals surface area contributed by atoms with Crippen LogP contribution in [-0.4, -0.2) is 30.3 Å². The van der Waals surface area contributed by atoms with Gasteiger partial charge in [-0.2, -0.15) is 0 Å². The molecule has 0 aliphatic carbocycles. The van der Waals surface area contributed by atoms with Gasteiger partial charge in [0.15, 0.2) is 0 Å². The average Bonchev–Trinajstić information content (AvgIpc) is 3.16. The number of benzene rings is 2. The lowest BCUT2D eigenvalue weighted by Crippen LogP contribution is -2.13. The molecule has 3 aromatic rings. The van der Waals surface area contributed by atoms with E-state index in [1.54, 1.807) is 32.4 Å². The van der Waals surface area contributed by atoms with Crippen molar-refractivity contribution in [1.29, 1.82) is 0 Å². The fourth-order valence-corrected chi connectivity index (χ4v) is 2.40. The Morgan fingerprint density at radius 1 is 1.08 bits per heavy atom. The monoisotopic (exact) mass is 353 g/mol. The summed E-state index contributed by atoms with van der Waals surface area (Å²) < 4.78 is 16.0. The minimum absolute atomic E-state index is 0.184. The largest absolute Gasteiger partial charge is 0.497 e. The molecule has 0 atom stereocenters. The van der Waals surface area contributed by atoms with Crippen LogP contribution in [0.3, 0.4) is 0 Å². The van der Waals surface area contributed by atoms with E-state index in [-0.39, 0.29) is 12.3 Å². The van der Waals surface area contributed by atoms with Crippen molar-refractivity contribution in [1.82, 2.24) is 10.2 Å². The van der Waals surface area contributed by atoms with Crippen molar-refractivity contribution in [2.45, 2.75) is 12.8 Å². The zero-order valence-electron chi connectivity index (χ0n) is 14.6. The summed E-state index contributed by atoms with van der Waals surface area (Å²) in [4.78, 5) is 12.2. The highest BCUT2D eigenvalue weighted by molar-refractivity contribution is 5.92. The Bertz CT molecular complexity index is 878. The predicted octanol–water partition coefficient (Wildman–Crippen LogP) is 3.33. The molecule has 134 valence electrons. The van der Waals surface area contributed by atoms with E-state index in [0.717, 1.165) is 5.56 Å². The number of hydrogen-bond acceptors (Lipinski definition) is 6. The minimum Gasteiger partial charge on any atom is -0.497 e. The van der Waals surface area contributed by atoms with E-state index in [9.17, 15) is 4.79 Å². The van der Waals surface area contributed by atoms with Gasteiger partial charge in [-0.15, -0.1) is 10.2 Å². The van der Waals surface area contributed by atoms with Gasteiger partial charge in [-0.25, -0.2) is 0 Å². The molecule has 1 aromatic heterocycles. The van der Waals surface area contributed by atoms with E-state index in [1.807, 2.05) is 30.3 Å². The van der Waals surface area contributed by atoms with E-state index in [4.69, 9.17) is 13.9 Å². The summed E-state index contributed by atoms with van der Waals surface area (Å²) in [6, 6.07) is 14.7. The molecule has 0 unspecified atom stereocenters. The van der Waals surface area contributed by atoms with Crippen LogP contribution in [0.2, 0.25) is 0 Å². The highest BCUT2D eigenvalue weighted by Crippen LogP contribution is 2.29. The molecule has 3 rings (SSSR count). The molecule has 7 nitrogen and oxygen atoms in total. The van der Waals surface area contributed by atoms with Crippen LogP contribution in [0.15, 0.2) is 52.9 Å². The second-order valence-electron chi connectivity index (χ2n) is 5.48. The van der Waals surface area contributed by atoms with Gasteiger partial charge < -0.3 is 19.2 Å². The number of aromatic nitrogens is 2. The molecular weight excluding hydrogens is 334 g/mol. The van der Waals surface area contributed by atoms with E-state index in [0.29, 0.717) is 35.4 Å². The van der Waals surface area contributed by atoms with Crippen LogP contribution >= 0.6 is 0 Å². The minimum atomic E-state index is -0.184. The number of amides is 1. The summed E-state index contributed by atoms with van der Waals surface area (Å²) in [6.07, 6.45) is 0.550. The maximum absolute atomic E-state index is 12.2. The number of methoxy groups -OCH3 is 2. The predicted molar refractivity (Wildman–Crippen MR) is 96.2 cm³/mol. The molecule has 26 heavy (non-hydrogen) atoms.